The zero-order valence-corrected chi connectivity index (χ0v) is 12.6. The summed E-state index contributed by atoms with van der Waals surface area (Å²) in [4.78, 5) is 0. The molecular weight excluding hydrogens is 234 g/mol. The van der Waals surface area contributed by atoms with E-state index in [1.807, 2.05) is 17.9 Å². The second-order valence-corrected chi connectivity index (χ2v) is 6.07. The van der Waals surface area contributed by atoms with Gasteiger partial charge >= 0.3 is 0 Å². The number of nitrogens with one attached hydrogen (secondary N) is 1. The van der Waals surface area contributed by atoms with Crippen LogP contribution in [0.25, 0.3) is 0 Å². The number of aromatic nitrogens is 2. The van der Waals surface area contributed by atoms with E-state index in [0.717, 1.165) is 18.9 Å². The highest BCUT2D eigenvalue weighted by molar-refractivity contribution is 5.06. The Balaban J connectivity index is 1.87. The van der Waals surface area contributed by atoms with Crippen LogP contribution in [0, 0.1) is 5.92 Å². The lowest BCUT2D eigenvalue weighted by atomic mass is 9.90. The van der Waals surface area contributed by atoms with Crippen LogP contribution in [0.4, 0.5) is 0 Å². The summed E-state index contributed by atoms with van der Waals surface area (Å²) in [5.74, 6) is 0.934. The van der Waals surface area contributed by atoms with E-state index in [4.69, 9.17) is 0 Å². The van der Waals surface area contributed by atoms with Crippen LogP contribution in [-0.4, -0.2) is 22.4 Å². The molecule has 1 aromatic heterocycles. The van der Waals surface area contributed by atoms with E-state index in [-0.39, 0.29) is 0 Å². The Morgan fingerprint density at radius 2 is 2.05 bits per heavy atom. The van der Waals surface area contributed by atoms with Gasteiger partial charge in [0, 0.05) is 19.3 Å². The Morgan fingerprint density at radius 3 is 2.63 bits per heavy atom. The van der Waals surface area contributed by atoms with Crippen molar-refractivity contribution in [1.82, 2.24) is 15.1 Å². The van der Waals surface area contributed by atoms with Crippen LogP contribution in [0.5, 0.6) is 0 Å². The largest absolute Gasteiger partial charge is 0.314 e. The van der Waals surface area contributed by atoms with Gasteiger partial charge in [0.1, 0.15) is 0 Å². The molecule has 3 nitrogen and oxygen atoms in total. The molecule has 1 aliphatic carbocycles. The molecule has 19 heavy (non-hydrogen) atoms. The normalized spacial score (nSPS) is 19.3. The molecular formula is C16H29N3. The zero-order valence-electron chi connectivity index (χ0n) is 12.6. The summed E-state index contributed by atoms with van der Waals surface area (Å²) in [6, 6.07) is 0.622. The molecule has 1 fully saturated rings. The third-order valence-electron chi connectivity index (χ3n) is 4.33. The molecule has 0 bridgehead atoms. The SMILES string of the molecule is CCNC(Cc1cnn(C)c1)CC1CCCCCC1. The van der Waals surface area contributed by atoms with E-state index < -0.39 is 0 Å². The Morgan fingerprint density at radius 1 is 1.32 bits per heavy atom. The number of rotatable bonds is 6. The summed E-state index contributed by atoms with van der Waals surface area (Å²) in [6.45, 7) is 3.28. The van der Waals surface area contributed by atoms with Crippen LogP contribution in [0.2, 0.25) is 0 Å². The first-order valence-corrected chi connectivity index (χ1v) is 7.99. The summed E-state index contributed by atoms with van der Waals surface area (Å²) in [7, 11) is 2.00. The Kier molecular flexibility index (Phi) is 5.90. The van der Waals surface area contributed by atoms with Crippen LogP contribution < -0.4 is 5.32 Å². The smallest absolute Gasteiger partial charge is 0.0522 e. The zero-order chi connectivity index (χ0) is 13.5. The minimum absolute atomic E-state index is 0.622. The Hall–Kier alpha value is -0.830. The first-order chi connectivity index (χ1) is 9.28. The van der Waals surface area contributed by atoms with E-state index in [2.05, 4.69) is 23.5 Å². The molecule has 2 rings (SSSR count). The first-order valence-electron chi connectivity index (χ1n) is 7.99. The number of nitrogens with zero attached hydrogens (tertiary/aromatic N) is 2. The second-order valence-electron chi connectivity index (χ2n) is 6.07. The Bertz CT molecular complexity index is 351. The maximum Gasteiger partial charge on any atom is 0.0522 e. The number of aryl methyl sites for hydroxylation is 1. The van der Waals surface area contributed by atoms with Gasteiger partial charge in [0.2, 0.25) is 0 Å². The minimum atomic E-state index is 0.622. The summed E-state index contributed by atoms with van der Waals surface area (Å²) < 4.78 is 1.91. The maximum atomic E-state index is 4.28. The molecule has 3 heteroatoms. The third-order valence-corrected chi connectivity index (χ3v) is 4.33. The van der Waals surface area contributed by atoms with Crippen molar-refractivity contribution in [2.45, 2.75) is 64.3 Å². The highest BCUT2D eigenvalue weighted by atomic mass is 15.2. The molecule has 0 saturated heterocycles. The summed E-state index contributed by atoms with van der Waals surface area (Å²) >= 11 is 0. The fourth-order valence-corrected chi connectivity index (χ4v) is 3.39. The van der Waals surface area contributed by atoms with Crippen molar-refractivity contribution in [3.63, 3.8) is 0 Å². The molecule has 1 N–H and O–H groups in total. The van der Waals surface area contributed by atoms with Gasteiger partial charge in [0.25, 0.3) is 0 Å². The molecule has 0 aromatic carbocycles. The van der Waals surface area contributed by atoms with E-state index in [9.17, 15) is 0 Å². The number of likely N-dealkylation sites (N-methyl/N-ethyl adjacent to an activating group) is 1. The molecule has 1 saturated carbocycles. The van der Waals surface area contributed by atoms with Crippen LogP contribution in [-0.2, 0) is 13.5 Å². The average molecular weight is 263 g/mol. The lowest BCUT2D eigenvalue weighted by molar-refractivity contribution is 0.353. The maximum absolute atomic E-state index is 4.28. The standard InChI is InChI=1S/C16H29N3/c1-3-17-16(11-15-12-18-19(2)13-15)10-14-8-6-4-5-7-9-14/h12-14,16-17H,3-11H2,1-2H3. The van der Waals surface area contributed by atoms with E-state index in [1.165, 1.54) is 50.5 Å². The van der Waals surface area contributed by atoms with Crippen LogP contribution in [0.15, 0.2) is 12.4 Å². The fourth-order valence-electron chi connectivity index (χ4n) is 3.39. The Labute approximate surface area is 117 Å². The summed E-state index contributed by atoms with van der Waals surface area (Å²) in [5, 5.41) is 7.95. The number of hydrogen-bond acceptors (Lipinski definition) is 2. The lowest BCUT2D eigenvalue weighted by Gasteiger charge is -2.23. The molecule has 108 valence electrons. The van der Waals surface area contributed by atoms with Gasteiger partial charge in [-0.05, 0) is 30.9 Å². The van der Waals surface area contributed by atoms with Crippen molar-refractivity contribution in [3.8, 4) is 0 Å². The van der Waals surface area contributed by atoms with Gasteiger partial charge in [-0.1, -0.05) is 45.4 Å². The van der Waals surface area contributed by atoms with Gasteiger partial charge in [-0.3, -0.25) is 4.68 Å². The summed E-state index contributed by atoms with van der Waals surface area (Å²) in [5.41, 5.74) is 1.36. The van der Waals surface area contributed by atoms with Crippen molar-refractivity contribution in [2.75, 3.05) is 6.54 Å². The molecule has 1 aromatic rings. The molecule has 0 aliphatic heterocycles. The van der Waals surface area contributed by atoms with Crippen molar-refractivity contribution < 1.29 is 0 Å². The van der Waals surface area contributed by atoms with Crippen molar-refractivity contribution in [2.24, 2.45) is 13.0 Å². The van der Waals surface area contributed by atoms with Gasteiger partial charge in [-0.2, -0.15) is 5.10 Å². The van der Waals surface area contributed by atoms with Gasteiger partial charge in [0.15, 0.2) is 0 Å². The average Bonchev–Trinajstić information content (AvgIpc) is 2.64. The molecule has 1 heterocycles. The van der Waals surface area contributed by atoms with Gasteiger partial charge in [0.05, 0.1) is 6.20 Å². The third kappa shape index (κ3) is 4.98. The number of hydrogen-bond donors (Lipinski definition) is 1. The molecule has 1 aliphatic rings. The molecule has 0 amide bonds. The topological polar surface area (TPSA) is 29.9 Å². The molecule has 1 atom stereocenters. The van der Waals surface area contributed by atoms with Gasteiger partial charge in [-0.15, -0.1) is 0 Å². The van der Waals surface area contributed by atoms with Crippen LogP contribution >= 0.6 is 0 Å². The molecule has 1 unspecified atom stereocenters. The highest BCUT2D eigenvalue weighted by Crippen LogP contribution is 2.27. The van der Waals surface area contributed by atoms with E-state index >= 15 is 0 Å². The monoisotopic (exact) mass is 263 g/mol. The van der Waals surface area contributed by atoms with E-state index in [1.54, 1.807) is 0 Å². The first kappa shape index (κ1) is 14.6. The predicted molar refractivity (Wildman–Crippen MR) is 80.2 cm³/mol. The fraction of sp³-hybridized carbons (Fsp3) is 0.812. The molecule has 0 spiro atoms. The summed E-state index contributed by atoms with van der Waals surface area (Å²) in [6.07, 6.45) is 15.3. The second kappa shape index (κ2) is 7.68. The minimum Gasteiger partial charge on any atom is -0.314 e. The van der Waals surface area contributed by atoms with Crippen LogP contribution in [0.3, 0.4) is 0 Å². The van der Waals surface area contributed by atoms with Crippen molar-refractivity contribution in [3.05, 3.63) is 18.0 Å². The van der Waals surface area contributed by atoms with Crippen LogP contribution in [0.1, 0.15) is 57.4 Å². The molecule has 0 radical (unpaired) electrons. The van der Waals surface area contributed by atoms with Gasteiger partial charge < -0.3 is 5.32 Å². The van der Waals surface area contributed by atoms with Crippen molar-refractivity contribution >= 4 is 0 Å². The lowest BCUT2D eigenvalue weighted by Crippen LogP contribution is -2.33. The predicted octanol–water partition coefficient (Wildman–Crippen LogP) is 3.30. The van der Waals surface area contributed by atoms with Crippen molar-refractivity contribution in [1.29, 1.82) is 0 Å². The highest BCUT2D eigenvalue weighted by Gasteiger charge is 2.18. The van der Waals surface area contributed by atoms with E-state index in [0.29, 0.717) is 6.04 Å². The van der Waals surface area contributed by atoms with Gasteiger partial charge in [-0.25, -0.2) is 0 Å². The quantitative estimate of drug-likeness (QED) is 0.798.